The van der Waals surface area contributed by atoms with Gasteiger partial charge in [-0.25, -0.2) is 4.68 Å². The molecule has 0 saturated heterocycles. The molecule has 0 saturated carbocycles. The zero-order chi connectivity index (χ0) is 22.3. The highest BCUT2D eigenvalue weighted by atomic mass is 16.5. The molecule has 0 aliphatic rings. The van der Waals surface area contributed by atoms with Gasteiger partial charge in [-0.05, 0) is 55.0 Å². The van der Waals surface area contributed by atoms with E-state index in [9.17, 15) is 4.79 Å². The molecule has 4 aromatic rings. The Labute approximate surface area is 187 Å². The summed E-state index contributed by atoms with van der Waals surface area (Å²) < 4.78 is 7.15. The number of aryl methyl sites for hydroxylation is 2. The highest BCUT2D eigenvalue weighted by Gasteiger charge is 2.13. The standard InChI is InChI=1S/C26H26N4O2/c1-19-5-3-6-20(15-19)17-28-26(31)13-8-22-16-25(21-7-4-14-27-18-21)30(29-22)23-9-11-24(32-2)12-10-23/h3-7,9-12,14-16,18H,8,13,17H2,1-2H3,(H,28,31). The Kier molecular flexibility index (Phi) is 6.60. The van der Waals surface area contributed by atoms with Crippen molar-refractivity contribution in [2.24, 2.45) is 0 Å². The molecule has 0 unspecified atom stereocenters. The predicted molar refractivity (Wildman–Crippen MR) is 125 cm³/mol. The zero-order valence-electron chi connectivity index (χ0n) is 18.3. The van der Waals surface area contributed by atoms with Crippen LogP contribution in [-0.4, -0.2) is 27.8 Å². The molecule has 1 amide bonds. The van der Waals surface area contributed by atoms with Crippen LogP contribution in [0.15, 0.2) is 79.1 Å². The molecule has 0 bridgehead atoms. The summed E-state index contributed by atoms with van der Waals surface area (Å²) in [7, 11) is 1.64. The van der Waals surface area contributed by atoms with Crippen molar-refractivity contribution >= 4 is 5.91 Å². The van der Waals surface area contributed by atoms with Gasteiger partial charge in [-0.15, -0.1) is 0 Å². The first-order chi connectivity index (χ1) is 15.6. The minimum absolute atomic E-state index is 0.00781. The zero-order valence-corrected chi connectivity index (χ0v) is 18.3. The maximum atomic E-state index is 12.4. The molecule has 4 rings (SSSR count). The molecule has 32 heavy (non-hydrogen) atoms. The minimum atomic E-state index is 0.00781. The van der Waals surface area contributed by atoms with E-state index in [4.69, 9.17) is 9.84 Å². The van der Waals surface area contributed by atoms with Crippen LogP contribution in [-0.2, 0) is 17.8 Å². The predicted octanol–water partition coefficient (Wildman–Crippen LogP) is 4.50. The van der Waals surface area contributed by atoms with Crippen LogP contribution in [0.4, 0.5) is 0 Å². The lowest BCUT2D eigenvalue weighted by Crippen LogP contribution is -2.23. The Bertz CT molecular complexity index is 1180. The average Bonchev–Trinajstić information content (AvgIpc) is 3.26. The van der Waals surface area contributed by atoms with E-state index in [0.29, 0.717) is 19.4 Å². The van der Waals surface area contributed by atoms with E-state index in [0.717, 1.165) is 34.0 Å². The Morgan fingerprint density at radius 2 is 1.91 bits per heavy atom. The number of hydrogen-bond acceptors (Lipinski definition) is 4. The van der Waals surface area contributed by atoms with E-state index in [-0.39, 0.29) is 5.91 Å². The molecule has 0 radical (unpaired) electrons. The summed E-state index contributed by atoms with van der Waals surface area (Å²) in [4.78, 5) is 16.6. The Hall–Kier alpha value is -3.93. The van der Waals surface area contributed by atoms with Crippen LogP contribution in [0.5, 0.6) is 5.75 Å². The third kappa shape index (κ3) is 5.21. The number of aromatic nitrogens is 3. The molecule has 2 aromatic heterocycles. The number of hydrogen-bond donors (Lipinski definition) is 1. The monoisotopic (exact) mass is 426 g/mol. The van der Waals surface area contributed by atoms with Crippen molar-refractivity contribution in [2.45, 2.75) is 26.3 Å². The Morgan fingerprint density at radius 1 is 1.06 bits per heavy atom. The fourth-order valence-electron chi connectivity index (χ4n) is 3.55. The number of carbonyl (C=O) groups is 1. The fourth-order valence-corrected chi connectivity index (χ4v) is 3.55. The number of amides is 1. The summed E-state index contributed by atoms with van der Waals surface area (Å²) in [6, 6.07) is 21.8. The fraction of sp³-hybridized carbons (Fsp3) is 0.192. The van der Waals surface area contributed by atoms with Gasteiger partial charge >= 0.3 is 0 Å². The number of carbonyl (C=O) groups excluding carboxylic acids is 1. The molecular weight excluding hydrogens is 400 g/mol. The minimum Gasteiger partial charge on any atom is -0.497 e. The van der Waals surface area contributed by atoms with E-state index in [1.54, 1.807) is 13.3 Å². The third-order valence-corrected chi connectivity index (χ3v) is 5.21. The maximum absolute atomic E-state index is 12.4. The lowest BCUT2D eigenvalue weighted by atomic mass is 10.1. The van der Waals surface area contributed by atoms with E-state index in [1.807, 2.05) is 78.5 Å². The van der Waals surface area contributed by atoms with E-state index in [2.05, 4.69) is 16.4 Å². The topological polar surface area (TPSA) is 69.0 Å². The van der Waals surface area contributed by atoms with Crippen molar-refractivity contribution < 1.29 is 9.53 Å². The smallest absolute Gasteiger partial charge is 0.220 e. The second-order valence-corrected chi connectivity index (χ2v) is 7.64. The second kappa shape index (κ2) is 9.92. The number of nitrogens with one attached hydrogen (secondary N) is 1. The molecule has 0 atom stereocenters. The van der Waals surface area contributed by atoms with E-state index >= 15 is 0 Å². The summed E-state index contributed by atoms with van der Waals surface area (Å²) in [6.45, 7) is 2.58. The van der Waals surface area contributed by atoms with Gasteiger partial charge < -0.3 is 10.1 Å². The first kappa shape index (κ1) is 21.3. The van der Waals surface area contributed by atoms with E-state index < -0.39 is 0 Å². The van der Waals surface area contributed by atoms with Gasteiger partial charge in [0.1, 0.15) is 5.75 Å². The second-order valence-electron chi connectivity index (χ2n) is 7.64. The lowest BCUT2D eigenvalue weighted by molar-refractivity contribution is -0.121. The van der Waals surface area contributed by atoms with Gasteiger partial charge in [0.15, 0.2) is 0 Å². The van der Waals surface area contributed by atoms with Crippen molar-refractivity contribution in [3.05, 3.63) is 95.9 Å². The third-order valence-electron chi connectivity index (χ3n) is 5.21. The van der Waals surface area contributed by atoms with Gasteiger partial charge in [0, 0.05) is 37.3 Å². The van der Waals surface area contributed by atoms with E-state index in [1.165, 1.54) is 5.56 Å². The van der Waals surface area contributed by atoms with Crippen LogP contribution in [0.3, 0.4) is 0 Å². The van der Waals surface area contributed by atoms with Crippen LogP contribution >= 0.6 is 0 Å². The first-order valence-corrected chi connectivity index (χ1v) is 10.6. The quantitative estimate of drug-likeness (QED) is 0.450. The van der Waals surface area contributed by atoms with Crippen LogP contribution < -0.4 is 10.1 Å². The summed E-state index contributed by atoms with van der Waals surface area (Å²) in [5.41, 5.74) is 5.94. The molecule has 0 fully saturated rings. The summed E-state index contributed by atoms with van der Waals surface area (Å²) >= 11 is 0. The molecule has 2 aromatic carbocycles. The average molecular weight is 427 g/mol. The normalized spacial score (nSPS) is 10.7. The van der Waals surface area contributed by atoms with Crippen molar-refractivity contribution in [3.63, 3.8) is 0 Å². The molecule has 6 nitrogen and oxygen atoms in total. The lowest BCUT2D eigenvalue weighted by Gasteiger charge is -2.08. The number of rotatable bonds is 8. The number of pyridine rings is 1. The molecule has 1 N–H and O–H groups in total. The van der Waals surface area contributed by atoms with Gasteiger partial charge in [-0.2, -0.15) is 5.10 Å². The van der Waals surface area contributed by atoms with Gasteiger partial charge in [-0.1, -0.05) is 29.8 Å². The molecule has 0 aliphatic carbocycles. The number of benzene rings is 2. The van der Waals surface area contributed by atoms with Gasteiger partial charge in [-0.3, -0.25) is 9.78 Å². The maximum Gasteiger partial charge on any atom is 0.220 e. The largest absolute Gasteiger partial charge is 0.497 e. The summed E-state index contributed by atoms with van der Waals surface area (Å²) in [5.74, 6) is 0.794. The number of ether oxygens (including phenoxy) is 1. The first-order valence-electron chi connectivity index (χ1n) is 10.6. The van der Waals surface area contributed by atoms with Crippen molar-refractivity contribution in [2.75, 3.05) is 7.11 Å². The number of nitrogens with zero attached hydrogens (tertiary/aromatic N) is 3. The van der Waals surface area contributed by atoms with Crippen molar-refractivity contribution in [1.82, 2.24) is 20.1 Å². The van der Waals surface area contributed by atoms with Crippen LogP contribution in [0, 0.1) is 6.92 Å². The van der Waals surface area contributed by atoms with Gasteiger partial charge in [0.25, 0.3) is 0 Å². The summed E-state index contributed by atoms with van der Waals surface area (Å²) in [5, 5.41) is 7.78. The van der Waals surface area contributed by atoms with Crippen molar-refractivity contribution in [1.29, 1.82) is 0 Å². The molecule has 6 heteroatoms. The molecular formula is C26H26N4O2. The SMILES string of the molecule is COc1ccc(-n2nc(CCC(=O)NCc3cccc(C)c3)cc2-c2cccnc2)cc1. The van der Waals surface area contributed by atoms with Crippen LogP contribution in [0.25, 0.3) is 16.9 Å². The highest BCUT2D eigenvalue weighted by Crippen LogP contribution is 2.25. The number of methoxy groups -OCH3 is 1. The van der Waals surface area contributed by atoms with Crippen LogP contribution in [0.1, 0.15) is 23.2 Å². The Balaban J connectivity index is 1.48. The van der Waals surface area contributed by atoms with Crippen LogP contribution in [0.2, 0.25) is 0 Å². The molecule has 2 heterocycles. The van der Waals surface area contributed by atoms with Gasteiger partial charge in [0.2, 0.25) is 5.91 Å². The summed E-state index contributed by atoms with van der Waals surface area (Å²) in [6.07, 6.45) is 4.49. The Morgan fingerprint density at radius 3 is 2.62 bits per heavy atom. The molecule has 0 aliphatic heterocycles. The molecule has 0 spiro atoms. The van der Waals surface area contributed by atoms with Crippen molar-refractivity contribution in [3.8, 4) is 22.7 Å². The van der Waals surface area contributed by atoms with Gasteiger partial charge in [0.05, 0.1) is 24.2 Å². The highest BCUT2D eigenvalue weighted by molar-refractivity contribution is 5.76. The molecule has 162 valence electrons.